The molecule has 0 heterocycles. The molecule has 0 N–H and O–H groups in total. The maximum atomic E-state index is 12.4. The quantitative estimate of drug-likeness (QED) is 0.724. The van der Waals surface area contributed by atoms with E-state index in [0.29, 0.717) is 23.9 Å². The summed E-state index contributed by atoms with van der Waals surface area (Å²) in [6.07, 6.45) is 1.81. The topological polar surface area (TPSA) is 37.4 Å². The summed E-state index contributed by atoms with van der Waals surface area (Å²) in [4.78, 5) is 0.351. The van der Waals surface area contributed by atoms with Crippen molar-refractivity contribution in [3.8, 4) is 0 Å². The molecule has 0 aliphatic carbocycles. The van der Waals surface area contributed by atoms with Crippen molar-refractivity contribution in [3.05, 3.63) is 29.8 Å². The van der Waals surface area contributed by atoms with Crippen molar-refractivity contribution < 1.29 is 8.42 Å². The number of alkyl halides is 1. The van der Waals surface area contributed by atoms with Crippen molar-refractivity contribution in [2.75, 3.05) is 19.0 Å². The molecule has 0 aliphatic heterocycles. The Labute approximate surface area is 115 Å². The molecule has 1 aromatic carbocycles. The number of nitrogens with zero attached hydrogens (tertiary/aromatic N) is 1. The number of hydrogen-bond acceptors (Lipinski definition) is 2. The molecule has 1 rings (SSSR count). The second-order valence-electron chi connectivity index (χ2n) is 4.26. The minimum atomic E-state index is -3.41. The van der Waals surface area contributed by atoms with Gasteiger partial charge >= 0.3 is 0 Å². The van der Waals surface area contributed by atoms with Gasteiger partial charge in [0.05, 0.1) is 4.90 Å². The molecular formula is C13H20ClNO2S. The molecule has 0 aliphatic rings. The lowest BCUT2D eigenvalue weighted by Crippen LogP contribution is -2.33. The van der Waals surface area contributed by atoms with Crippen LogP contribution in [0.3, 0.4) is 0 Å². The smallest absolute Gasteiger partial charge is 0.207 e. The second kappa shape index (κ2) is 7.12. The van der Waals surface area contributed by atoms with Gasteiger partial charge in [0.15, 0.2) is 0 Å². The Morgan fingerprint density at radius 2 is 2.00 bits per heavy atom. The highest BCUT2D eigenvalue weighted by molar-refractivity contribution is 7.89. The minimum absolute atomic E-state index is 0.314. The fraction of sp³-hybridized carbons (Fsp3) is 0.538. The van der Waals surface area contributed by atoms with Gasteiger partial charge in [0, 0.05) is 19.0 Å². The van der Waals surface area contributed by atoms with Gasteiger partial charge in [-0.2, -0.15) is 4.31 Å². The van der Waals surface area contributed by atoms with Gasteiger partial charge in [-0.1, -0.05) is 25.5 Å². The number of hydrogen-bond donors (Lipinski definition) is 0. The number of rotatable bonds is 7. The van der Waals surface area contributed by atoms with E-state index in [9.17, 15) is 8.42 Å². The van der Waals surface area contributed by atoms with E-state index in [1.54, 1.807) is 18.2 Å². The first-order valence-electron chi connectivity index (χ1n) is 6.15. The van der Waals surface area contributed by atoms with Crippen molar-refractivity contribution >= 4 is 21.6 Å². The molecule has 0 bridgehead atoms. The molecule has 102 valence electrons. The Morgan fingerprint density at radius 3 is 2.56 bits per heavy atom. The van der Waals surface area contributed by atoms with Crippen LogP contribution in [0.5, 0.6) is 0 Å². The maximum Gasteiger partial charge on any atom is 0.243 e. The van der Waals surface area contributed by atoms with E-state index in [1.165, 1.54) is 4.31 Å². The standard InChI is InChI=1S/C13H20ClNO2S/c1-3-4-9-15(10-8-14)18(16,17)13-7-5-6-12(2)11-13/h5-7,11H,3-4,8-10H2,1-2H3. The van der Waals surface area contributed by atoms with Gasteiger partial charge in [0.2, 0.25) is 10.0 Å². The van der Waals surface area contributed by atoms with E-state index in [2.05, 4.69) is 0 Å². The molecule has 0 spiro atoms. The highest BCUT2D eigenvalue weighted by atomic mass is 35.5. The predicted molar refractivity (Wildman–Crippen MR) is 75.6 cm³/mol. The summed E-state index contributed by atoms with van der Waals surface area (Å²) in [5, 5.41) is 0. The third kappa shape index (κ3) is 3.97. The molecule has 0 saturated carbocycles. The van der Waals surface area contributed by atoms with Crippen molar-refractivity contribution in [2.24, 2.45) is 0 Å². The zero-order chi connectivity index (χ0) is 13.6. The van der Waals surface area contributed by atoms with E-state index in [-0.39, 0.29) is 0 Å². The Hall–Kier alpha value is -0.580. The molecule has 0 saturated heterocycles. The molecular weight excluding hydrogens is 270 g/mol. The minimum Gasteiger partial charge on any atom is -0.207 e. The van der Waals surface area contributed by atoms with Crippen LogP contribution < -0.4 is 0 Å². The summed E-state index contributed by atoms with van der Waals surface area (Å²) < 4.78 is 26.4. The van der Waals surface area contributed by atoms with Crippen molar-refractivity contribution in [1.29, 1.82) is 0 Å². The second-order valence-corrected chi connectivity index (χ2v) is 6.58. The van der Waals surface area contributed by atoms with E-state index in [0.717, 1.165) is 18.4 Å². The van der Waals surface area contributed by atoms with Crippen LogP contribution in [0.2, 0.25) is 0 Å². The molecule has 0 atom stereocenters. The molecule has 0 amide bonds. The highest BCUT2D eigenvalue weighted by Gasteiger charge is 2.23. The van der Waals surface area contributed by atoms with Gasteiger partial charge in [0.25, 0.3) is 0 Å². The van der Waals surface area contributed by atoms with E-state index >= 15 is 0 Å². The molecule has 18 heavy (non-hydrogen) atoms. The lowest BCUT2D eigenvalue weighted by Gasteiger charge is -2.21. The number of sulfonamides is 1. The first-order valence-corrected chi connectivity index (χ1v) is 8.12. The van der Waals surface area contributed by atoms with Crippen LogP contribution >= 0.6 is 11.6 Å². The summed E-state index contributed by atoms with van der Waals surface area (Å²) in [5.41, 5.74) is 0.942. The summed E-state index contributed by atoms with van der Waals surface area (Å²) in [6, 6.07) is 6.98. The van der Waals surface area contributed by atoms with E-state index < -0.39 is 10.0 Å². The number of halogens is 1. The number of benzene rings is 1. The van der Waals surface area contributed by atoms with Gasteiger partial charge in [-0.15, -0.1) is 11.6 Å². The predicted octanol–water partition coefficient (Wildman–Crippen LogP) is 3.02. The Bertz CT molecular complexity index is 474. The SMILES string of the molecule is CCCCN(CCCl)S(=O)(=O)c1cccc(C)c1. The van der Waals surface area contributed by atoms with Crippen LogP contribution in [0.1, 0.15) is 25.3 Å². The van der Waals surface area contributed by atoms with Crippen LogP contribution in [0, 0.1) is 6.92 Å². The molecule has 0 aromatic heterocycles. The monoisotopic (exact) mass is 289 g/mol. The van der Waals surface area contributed by atoms with Crippen LogP contribution in [-0.2, 0) is 10.0 Å². The average molecular weight is 290 g/mol. The van der Waals surface area contributed by atoms with Gasteiger partial charge in [-0.25, -0.2) is 8.42 Å². The summed E-state index contributed by atoms with van der Waals surface area (Å²) in [7, 11) is -3.41. The fourth-order valence-corrected chi connectivity index (χ4v) is 3.59. The van der Waals surface area contributed by atoms with Crippen LogP contribution in [-0.4, -0.2) is 31.7 Å². The largest absolute Gasteiger partial charge is 0.243 e. The fourth-order valence-electron chi connectivity index (χ4n) is 1.71. The molecule has 0 unspecified atom stereocenters. The Kier molecular flexibility index (Phi) is 6.12. The van der Waals surface area contributed by atoms with Crippen LogP contribution in [0.15, 0.2) is 29.2 Å². The lowest BCUT2D eigenvalue weighted by molar-refractivity contribution is 0.420. The molecule has 0 fully saturated rings. The van der Waals surface area contributed by atoms with Gasteiger partial charge < -0.3 is 0 Å². The van der Waals surface area contributed by atoms with Crippen molar-refractivity contribution in [2.45, 2.75) is 31.6 Å². The van der Waals surface area contributed by atoms with Crippen LogP contribution in [0.25, 0.3) is 0 Å². The van der Waals surface area contributed by atoms with E-state index in [1.807, 2.05) is 19.9 Å². The van der Waals surface area contributed by atoms with Gasteiger partial charge in [-0.3, -0.25) is 0 Å². The summed E-state index contributed by atoms with van der Waals surface area (Å²) in [6.45, 7) is 4.81. The first kappa shape index (κ1) is 15.5. The average Bonchev–Trinajstić information content (AvgIpc) is 2.34. The lowest BCUT2D eigenvalue weighted by atomic mass is 10.2. The summed E-state index contributed by atoms with van der Waals surface area (Å²) >= 11 is 5.69. The van der Waals surface area contributed by atoms with Gasteiger partial charge in [-0.05, 0) is 31.0 Å². The Balaban J connectivity index is 3.00. The zero-order valence-corrected chi connectivity index (χ0v) is 12.5. The highest BCUT2D eigenvalue weighted by Crippen LogP contribution is 2.17. The van der Waals surface area contributed by atoms with Crippen molar-refractivity contribution in [3.63, 3.8) is 0 Å². The summed E-state index contributed by atoms with van der Waals surface area (Å²) in [5.74, 6) is 0.314. The molecule has 3 nitrogen and oxygen atoms in total. The molecule has 5 heteroatoms. The third-order valence-electron chi connectivity index (χ3n) is 2.72. The maximum absolute atomic E-state index is 12.4. The molecule has 0 radical (unpaired) electrons. The van der Waals surface area contributed by atoms with Crippen LogP contribution in [0.4, 0.5) is 0 Å². The first-order chi connectivity index (χ1) is 8.52. The van der Waals surface area contributed by atoms with Gasteiger partial charge in [0.1, 0.15) is 0 Å². The normalized spacial score (nSPS) is 12.0. The Morgan fingerprint density at radius 1 is 1.28 bits per heavy atom. The zero-order valence-electron chi connectivity index (χ0n) is 10.9. The van der Waals surface area contributed by atoms with Crippen molar-refractivity contribution in [1.82, 2.24) is 4.31 Å². The number of unbranched alkanes of at least 4 members (excludes halogenated alkanes) is 1. The van der Waals surface area contributed by atoms with E-state index in [4.69, 9.17) is 11.6 Å². The third-order valence-corrected chi connectivity index (χ3v) is 4.79. The number of aryl methyl sites for hydroxylation is 1. The molecule has 1 aromatic rings.